The number of nitrogens with zero attached hydrogens (tertiary/aromatic N) is 2. The summed E-state index contributed by atoms with van der Waals surface area (Å²) in [6.07, 6.45) is 2.78. The summed E-state index contributed by atoms with van der Waals surface area (Å²) in [5, 5.41) is 5.90. The van der Waals surface area contributed by atoms with E-state index >= 15 is 0 Å². The van der Waals surface area contributed by atoms with Crippen molar-refractivity contribution in [2.24, 2.45) is 0 Å². The van der Waals surface area contributed by atoms with Crippen LogP contribution in [0.15, 0.2) is 54.6 Å². The second-order valence-corrected chi connectivity index (χ2v) is 7.29. The molecule has 2 aromatic carbocycles. The lowest BCUT2D eigenvalue weighted by molar-refractivity contribution is 0.0939. The third kappa shape index (κ3) is 4.40. The molecule has 2 N–H and O–H groups in total. The molecule has 1 aliphatic heterocycles. The number of amides is 1. The number of anilines is 1. The van der Waals surface area contributed by atoms with Gasteiger partial charge in [-0.2, -0.15) is 0 Å². The van der Waals surface area contributed by atoms with Crippen molar-refractivity contribution in [3.63, 3.8) is 0 Å². The van der Waals surface area contributed by atoms with Crippen LogP contribution in [0.5, 0.6) is 0 Å². The van der Waals surface area contributed by atoms with E-state index in [0.29, 0.717) is 29.2 Å². The summed E-state index contributed by atoms with van der Waals surface area (Å²) in [5.41, 5.74) is 1.70. The summed E-state index contributed by atoms with van der Waals surface area (Å²) < 4.78 is 15.3. The number of benzene rings is 2. The summed E-state index contributed by atoms with van der Waals surface area (Å²) in [6, 6.07) is 15.1. The van der Waals surface area contributed by atoms with Crippen molar-refractivity contribution in [3.8, 4) is 0 Å². The SMILES string of the molecule is O=C(CNc1nc2n(c1C(=O)NCc1cccc(F)c1)CCCC2)c1ccccc1. The number of fused-ring (bicyclic) bond motifs is 1. The average Bonchev–Trinajstić information content (AvgIpc) is 3.15. The highest BCUT2D eigenvalue weighted by Gasteiger charge is 2.25. The van der Waals surface area contributed by atoms with E-state index in [4.69, 9.17) is 0 Å². The topological polar surface area (TPSA) is 76.0 Å². The second-order valence-electron chi connectivity index (χ2n) is 7.29. The van der Waals surface area contributed by atoms with Crippen LogP contribution in [-0.2, 0) is 19.5 Å². The van der Waals surface area contributed by atoms with Crippen molar-refractivity contribution in [1.82, 2.24) is 14.9 Å². The van der Waals surface area contributed by atoms with E-state index in [9.17, 15) is 14.0 Å². The predicted molar refractivity (Wildman–Crippen MR) is 112 cm³/mol. The Kier molecular flexibility index (Phi) is 5.88. The first-order chi connectivity index (χ1) is 14.6. The van der Waals surface area contributed by atoms with Crippen molar-refractivity contribution >= 4 is 17.5 Å². The Balaban J connectivity index is 1.51. The molecule has 30 heavy (non-hydrogen) atoms. The van der Waals surface area contributed by atoms with E-state index in [2.05, 4.69) is 15.6 Å². The first-order valence-corrected chi connectivity index (χ1v) is 10.1. The highest BCUT2D eigenvalue weighted by molar-refractivity contribution is 6.01. The quantitative estimate of drug-likeness (QED) is 0.588. The molecule has 0 spiro atoms. The molecule has 1 aromatic heterocycles. The monoisotopic (exact) mass is 406 g/mol. The molecule has 1 aliphatic rings. The largest absolute Gasteiger partial charge is 0.361 e. The molecule has 2 heterocycles. The van der Waals surface area contributed by atoms with Crippen LogP contribution < -0.4 is 10.6 Å². The van der Waals surface area contributed by atoms with Crippen molar-refractivity contribution in [3.05, 3.63) is 83.1 Å². The van der Waals surface area contributed by atoms with Gasteiger partial charge in [0.2, 0.25) is 0 Å². The first kappa shape index (κ1) is 19.8. The fourth-order valence-corrected chi connectivity index (χ4v) is 3.64. The molecule has 0 saturated heterocycles. The maximum Gasteiger partial charge on any atom is 0.272 e. The molecule has 1 amide bonds. The normalized spacial score (nSPS) is 12.8. The Bertz CT molecular complexity index is 1060. The number of imidazole rings is 1. The maximum absolute atomic E-state index is 13.4. The van der Waals surface area contributed by atoms with E-state index in [1.54, 1.807) is 24.3 Å². The molecule has 0 atom stereocenters. The fourth-order valence-electron chi connectivity index (χ4n) is 3.64. The zero-order chi connectivity index (χ0) is 20.9. The minimum Gasteiger partial charge on any atom is -0.361 e. The Morgan fingerprint density at radius 2 is 1.90 bits per heavy atom. The molecule has 0 aliphatic carbocycles. The van der Waals surface area contributed by atoms with E-state index < -0.39 is 0 Å². The number of halogens is 1. The molecule has 4 rings (SSSR count). The third-order valence-corrected chi connectivity index (χ3v) is 5.15. The number of carbonyl (C=O) groups excluding carboxylic acids is 2. The van der Waals surface area contributed by atoms with Gasteiger partial charge in [0.15, 0.2) is 17.3 Å². The summed E-state index contributed by atoms with van der Waals surface area (Å²) in [4.78, 5) is 30.0. The van der Waals surface area contributed by atoms with Crippen LogP contribution in [0.2, 0.25) is 0 Å². The van der Waals surface area contributed by atoms with Crippen molar-refractivity contribution in [2.75, 3.05) is 11.9 Å². The second kappa shape index (κ2) is 8.90. The summed E-state index contributed by atoms with van der Waals surface area (Å²) in [5.74, 6) is 0.535. The van der Waals surface area contributed by atoms with Crippen LogP contribution in [0.1, 0.15) is 45.1 Å². The van der Waals surface area contributed by atoms with Crippen LogP contribution in [0.3, 0.4) is 0 Å². The highest BCUT2D eigenvalue weighted by atomic mass is 19.1. The zero-order valence-corrected chi connectivity index (χ0v) is 16.5. The van der Waals surface area contributed by atoms with Gasteiger partial charge in [-0.25, -0.2) is 9.37 Å². The van der Waals surface area contributed by atoms with Crippen LogP contribution in [-0.4, -0.2) is 27.8 Å². The standard InChI is InChI=1S/C23H23FN4O2/c24-18-10-6-7-16(13-18)14-26-23(30)21-22(27-20-11-4-5-12-28(20)21)25-15-19(29)17-8-2-1-3-9-17/h1-3,6-10,13,25H,4-5,11-12,14-15H2,(H,26,30). The average molecular weight is 406 g/mol. The van der Waals surface area contributed by atoms with Gasteiger partial charge in [0, 0.05) is 25.1 Å². The number of Topliss-reactive ketones (excluding diaryl/α,β-unsaturated/α-hetero) is 1. The molecule has 154 valence electrons. The number of hydrogen-bond acceptors (Lipinski definition) is 4. The Hall–Kier alpha value is -3.48. The molecule has 3 aromatic rings. The summed E-state index contributed by atoms with van der Waals surface area (Å²) in [7, 11) is 0. The van der Waals surface area contributed by atoms with E-state index in [1.165, 1.54) is 12.1 Å². The van der Waals surface area contributed by atoms with E-state index in [-0.39, 0.29) is 30.6 Å². The van der Waals surface area contributed by atoms with Gasteiger partial charge >= 0.3 is 0 Å². The number of hydrogen-bond donors (Lipinski definition) is 2. The minimum absolute atomic E-state index is 0.0463. The van der Waals surface area contributed by atoms with Gasteiger partial charge in [-0.1, -0.05) is 42.5 Å². The molecule has 7 heteroatoms. The van der Waals surface area contributed by atoms with Gasteiger partial charge in [0.1, 0.15) is 11.6 Å². The number of aryl methyl sites for hydroxylation is 1. The Labute approximate surface area is 174 Å². The van der Waals surface area contributed by atoms with Gasteiger partial charge < -0.3 is 15.2 Å². The smallest absolute Gasteiger partial charge is 0.272 e. The molecule has 6 nitrogen and oxygen atoms in total. The molecule has 0 bridgehead atoms. The number of ketones is 1. The molecular formula is C23H23FN4O2. The zero-order valence-electron chi connectivity index (χ0n) is 16.5. The fraction of sp³-hybridized carbons (Fsp3) is 0.261. The van der Waals surface area contributed by atoms with Gasteiger partial charge in [0.05, 0.1) is 6.54 Å². The highest BCUT2D eigenvalue weighted by Crippen LogP contribution is 2.23. The Morgan fingerprint density at radius 1 is 1.07 bits per heavy atom. The third-order valence-electron chi connectivity index (χ3n) is 5.15. The number of aromatic nitrogens is 2. The maximum atomic E-state index is 13.4. The van der Waals surface area contributed by atoms with Gasteiger partial charge in [0.25, 0.3) is 5.91 Å². The van der Waals surface area contributed by atoms with Crippen molar-refractivity contribution in [1.29, 1.82) is 0 Å². The predicted octanol–water partition coefficient (Wildman–Crippen LogP) is 3.58. The van der Waals surface area contributed by atoms with Crippen LogP contribution in [0, 0.1) is 5.82 Å². The van der Waals surface area contributed by atoms with Gasteiger partial charge in [-0.15, -0.1) is 0 Å². The molecule has 0 fully saturated rings. The van der Waals surface area contributed by atoms with Gasteiger partial charge in [-0.05, 0) is 30.5 Å². The summed E-state index contributed by atoms with van der Waals surface area (Å²) in [6.45, 7) is 0.962. The van der Waals surface area contributed by atoms with Gasteiger partial charge in [-0.3, -0.25) is 9.59 Å². The lowest BCUT2D eigenvalue weighted by atomic mass is 10.1. The van der Waals surface area contributed by atoms with Crippen molar-refractivity contribution < 1.29 is 14.0 Å². The first-order valence-electron chi connectivity index (χ1n) is 10.1. The lowest BCUT2D eigenvalue weighted by Crippen LogP contribution is -2.28. The number of rotatable bonds is 7. The van der Waals surface area contributed by atoms with E-state index in [1.807, 2.05) is 22.8 Å². The number of nitrogens with one attached hydrogen (secondary N) is 2. The molecule has 0 radical (unpaired) electrons. The number of carbonyl (C=O) groups is 2. The van der Waals surface area contributed by atoms with Crippen LogP contribution in [0.4, 0.5) is 10.2 Å². The minimum atomic E-state index is -0.342. The lowest BCUT2D eigenvalue weighted by Gasteiger charge is -2.16. The van der Waals surface area contributed by atoms with Crippen LogP contribution in [0.25, 0.3) is 0 Å². The molecule has 0 saturated carbocycles. The summed E-state index contributed by atoms with van der Waals surface area (Å²) >= 11 is 0. The van der Waals surface area contributed by atoms with E-state index in [0.717, 1.165) is 25.1 Å². The molecular weight excluding hydrogens is 383 g/mol. The van der Waals surface area contributed by atoms with Crippen molar-refractivity contribution in [2.45, 2.75) is 32.4 Å². The molecule has 0 unspecified atom stereocenters. The Morgan fingerprint density at radius 3 is 2.70 bits per heavy atom. The van der Waals surface area contributed by atoms with Crippen LogP contribution >= 0.6 is 0 Å².